The smallest absolute Gasteiger partial charge is 0.260 e. The van der Waals surface area contributed by atoms with Crippen molar-refractivity contribution in [3.63, 3.8) is 0 Å². The Morgan fingerprint density at radius 1 is 1.00 bits per heavy atom. The molecule has 2 aromatic heterocycles. The number of piperidine rings is 1. The van der Waals surface area contributed by atoms with Crippen LogP contribution in [0.2, 0.25) is 0 Å². The van der Waals surface area contributed by atoms with Crippen LogP contribution >= 0.6 is 0 Å². The number of carbonyl (C=O) groups is 3. The van der Waals surface area contributed by atoms with Crippen LogP contribution in [0.4, 0.5) is 23.1 Å². The van der Waals surface area contributed by atoms with E-state index in [1.54, 1.807) is 38.9 Å². The minimum Gasteiger partial charge on any atom is -0.484 e. The van der Waals surface area contributed by atoms with Crippen LogP contribution in [0, 0.1) is 13.8 Å². The molecule has 13 nitrogen and oxygen atoms in total. The van der Waals surface area contributed by atoms with E-state index >= 15 is 0 Å². The molecule has 1 saturated heterocycles. The van der Waals surface area contributed by atoms with Crippen molar-refractivity contribution in [1.82, 2.24) is 34.9 Å². The van der Waals surface area contributed by atoms with E-state index in [4.69, 9.17) is 9.72 Å². The molecule has 8 rings (SSSR count). The molecule has 0 bridgehead atoms. The molecular formula is C38H39N9O4. The number of nitrogens with one attached hydrogen (secondary N) is 3. The van der Waals surface area contributed by atoms with Crippen LogP contribution < -0.4 is 20.7 Å². The number of hydrogen-bond acceptors (Lipinski definition) is 9. The van der Waals surface area contributed by atoms with Gasteiger partial charge in [0.05, 0.1) is 5.39 Å². The molecule has 0 spiro atoms. The Kier molecular flexibility index (Phi) is 8.25. The maximum Gasteiger partial charge on any atom is 0.260 e. The molecule has 3 aliphatic heterocycles. The summed E-state index contributed by atoms with van der Waals surface area (Å²) in [6, 6.07) is 17.1. The lowest BCUT2D eigenvalue weighted by molar-refractivity contribution is -0.134. The average Bonchev–Trinajstić information content (AvgIpc) is 3.63. The van der Waals surface area contributed by atoms with E-state index in [1.165, 1.54) is 5.56 Å². The number of nitrogens with zero attached hydrogens (tertiary/aromatic N) is 6. The van der Waals surface area contributed by atoms with Crippen molar-refractivity contribution in [3.05, 3.63) is 94.2 Å². The average molecular weight is 686 g/mol. The Hall–Kier alpha value is -5.98. The molecule has 1 unspecified atom stereocenters. The van der Waals surface area contributed by atoms with Gasteiger partial charge in [0, 0.05) is 56.4 Å². The van der Waals surface area contributed by atoms with Gasteiger partial charge < -0.3 is 30.5 Å². The fourth-order valence-corrected chi connectivity index (χ4v) is 7.25. The highest BCUT2D eigenvalue weighted by atomic mass is 16.5. The van der Waals surface area contributed by atoms with Crippen molar-refractivity contribution in [2.24, 2.45) is 7.05 Å². The molecule has 3 aliphatic rings. The first-order chi connectivity index (χ1) is 24.7. The van der Waals surface area contributed by atoms with Crippen LogP contribution in [-0.2, 0) is 36.1 Å². The Balaban J connectivity index is 0.905. The minimum atomic E-state index is -0.454. The fourth-order valence-electron chi connectivity index (χ4n) is 7.25. The molecule has 1 atom stereocenters. The van der Waals surface area contributed by atoms with E-state index in [0.717, 1.165) is 51.9 Å². The zero-order valence-corrected chi connectivity index (χ0v) is 28.8. The monoisotopic (exact) mass is 685 g/mol. The summed E-state index contributed by atoms with van der Waals surface area (Å²) < 4.78 is 7.67. The van der Waals surface area contributed by atoms with E-state index in [-0.39, 0.29) is 24.3 Å². The Morgan fingerprint density at radius 3 is 2.67 bits per heavy atom. The normalized spacial score (nSPS) is 16.9. The minimum absolute atomic E-state index is 0.105. The summed E-state index contributed by atoms with van der Waals surface area (Å²) in [7, 11) is 1.86. The molecule has 13 heteroatoms. The maximum atomic E-state index is 13.3. The molecule has 51 heavy (non-hydrogen) atoms. The summed E-state index contributed by atoms with van der Waals surface area (Å²) in [4.78, 5) is 51.5. The molecule has 0 saturated carbocycles. The standard InChI is InChI=1S/C38H39N9O4/c1-22-6-4-7-23(2)33(22)42-34-30-18-40-38(43-35(30)45(3)44-34)41-27-10-9-24-13-15-46(19-25(24)16-27)32(48)21-51-28-11-12-29-26(17-28)20-47(37(29)50)31-8-5-14-39-36(31)49/h4,6-7,9-12,16-18,31H,5,8,13-15,19-21H2,1-3H3,(H,39,49)(H,42,44)(H,40,41,43). The topological polar surface area (TPSA) is 147 Å². The molecular weight excluding hydrogens is 646 g/mol. The number of amides is 3. The summed E-state index contributed by atoms with van der Waals surface area (Å²) in [6.45, 7) is 6.06. The summed E-state index contributed by atoms with van der Waals surface area (Å²) >= 11 is 0. The number of ether oxygens (including phenoxy) is 1. The van der Waals surface area contributed by atoms with Crippen LogP contribution in [0.15, 0.2) is 60.8 Å². The third-order valence-electron chi connectivity index (χ3n) is 10.0. The van der Waals surface area contributed by atoms with Gasteiger partial charge in [-0.1, -0.05) is 24.3 Å². The zero-order valence-electron chi connectivity index (χ0n) is 28.8. The van der Waals surface area contributed by atoms with Gasteiger partial charge in [-0.3, -0.25) is 14.4 Å². The number of aryl methyl sites for hydroxylation is 3. The molecule has 0 radical (unpaired) electrons. The van der Waals surface area contributed by atoms with Crippen LogP contribution in [0.5, 0.6) is 5.75 Å². The number of carbonyl (C=O) groups excluding carboxylic acids is 3. The first-order valence-corrected chi connectivity index (χ1v) is 17.3. The summed E-state index contributed by atoms with van der Waals surface area (Å²) in [5, 5.41) is 15.1. The van der Waals surface area contributed by atoms with Gasteiger partial charge in [0.25, 0.3) is 11.8 Å². The molecule has 3 amide bonds. The number of para-hydroxylation sites is 1. The van der Waals surface area contributed by atoms with E-state index in [9.17, 15) is 14.4 Å². The highest BCUT2D eigenvalue weighted by molar-refractivity contribution is 6.01. The molecule has 260 valence electrons. The number of aromatic nitrogens is 4. The quantitative estimate of drug-likeness (QED) is 0.212. The van der Waals surface area contributed by atoms with Crippen LogP contribution in [-0.4, -0.2) is 73.0 Å². The fraction of sp³-hybridized carbons (Fsp3) is 0.316. The van der Waals surface area contributed by atoms with Crippen molar-refractivity contribution >= 4 is 51.9 Å². The van der Waals surface area contributed by atoms with E-state index in [0.29, 0.717) is 61.3 Å². The molecule has 3 aromatic carbocycles. The predicted molar refractivity (Wildman–Crippen MR) is 192 cm³/mol. The Morgan fingerprint density at radius 2 is 1.84 bits per heavy atom. The van der Waals surface area contributed by atoms with Crippen LogP contribution in [0.25, 0.3) is 11.0 Å². The molecule has 3 N–H and O–H groups in total. The van der Waals surface area contributed by atoms with Crippen molar-refractivity contribution < 1.29 is 19.1 Å². The van der Waals surface area contributed by atoms with Gasteiger partial charge in [-0.2, -0.15) is 10.1 Å². The third-order valence-corrected chi connectivity index (χ3v) is 10.0. The van der Waals surface area contributed by atoms with Gasteiger partial charge in [0.15, 0.2) is 18.1 Å². The van der Waals surface area contributed by atoms with Gasteiger partial charge in [-0.25, -0.2) is 9.67 Å². The van der Waals surface area contributed by atoms with Gasteiger partial charge in [-0.15, -0.1) is 0 Å². The molecule has 5 heterocycles. The van der Waals surface area contributed by atoms with Gasteiger partial charge in [-0.05, 0) is 91.3 Å². The first kappa shape index (κ1) is 32.2. The molecule has 5 aromatic rings. The maximum absolute atomic E-state index is 13.3. The van der Waals surface area contributed by atoms with E-state index in [1.807, 2.05) is 25.2 Å². The number of hydrogen-bond donors (Lipinski definition) is 3. The third kappa shape index (κ3) is 6.19. The Bertz CT molecular complexity index is 2190. The van der Waals surface area contributed by atoms with Crippen molar-refractivity contribution in [2.75, 3.05) is 30.3 Å². The SMILES string of the molecule is Cc1cccc(C)c1Nc1nn(C)c2nc(Nc3ccc4c(c3)CN(C(=O)COc3ccc5c(c3)CN(C3CCCNC3=O)C5=O)CC4)ncc12. The van der Waals surface area contributed by atoms with Gasteiger partial charge >= 0.3 is 0 Å². The van der Waals surface area contributed by atoms with Crippen molar-refractivity contribution in [3.8, 4) is 5.75 Å². The van der Waals surface area contributed by atoms with Gasteiger partial charge in [0.2, 0.25) is 11.9 Å². The van der Waals surface area contributed by atoms with Crippen molar-refractivity contribution in [1.29, 1.82) is 0 Å². The van der Waals surface area contributed by atoms with Crippen molar-refractivity contribution in [2.45, 2.75) is 52.2 Å². The number of benzene rings is 3. The van der Waals surface area contributed by atoms with E-state index < -0.39 is 6.04 Å². The summed E-state index contributed by atoms with van der Waals surface area (Å²) in [5.74, 6) is 1.30. The highest BCUT2D eigenvalue weighted by Gasteiger charge is 2.37. The predicted octanol–water partition coefficient (Wildman–Crippen LogP) is 4.67. The molecule has 0 aliphatic carbocycles. The van der Waals surface area contributed by atoms with E-state index in [2.05, 4.69) is 58.1 Å². The zero-order chi connectivity index (χ0) is 35.2. The second-order valence-corrected chi connectivity index (χ2v) is 13.5. The number of rotatable bonds is 8. The second-order valence-electron chi connectivity index (χ2n) is 13.5. The Labute approximate surface area is 295 Å². The van der Waals surface area contributed by atoms with Crippen LogP contribution in [0.1, 0.15) is 51.0 Å². The summed E-state index contributed by atoms with van der Waals surface area (Å²) in [6.07, 6.45) is 4.01. The van der Waals surface area contributed by atoms with Gasteiger partial charge in [0.1, 0.15) is 11.8 Å². The largest absolute Gasteiger partial charge is 0.484 e. The van der Waals surface area contributed by atoms with Crippen LogP contribution in [0.3, 0.4) is 0 Å². The number of anilines is 4. The summed E-state index contributed by atoms with van der Waals surface area (Å²) in [5.41, 5.74) is 8.41. The second kappa shape index (κ2) is 13.0. The molecule has 1 fully saturated rings. The number of fused-ring (bicyclic) bond motifs is 3. The lowest BCUT2D eigenvalue weighted by Gasteiger charge is -2.30. The first-order valence-electron chi connectivity index (χ1n) is 17.3. The highest BCUT2D eigenvalue weighted by Crippen LogP contribution is 2.32. The lowest BCUT2D eigenvalue weighted by Crippen LogP contribution is -2.50. The lowest BCUT2D eigenvalue weighted by atomic mass is 9.99.